The van der Waals surface area contributed by atoms with E-state index < -0.39 is 0 Å². The van der Waals surface area contributed by atoms with E-state index in [1.54, 1.807) is 12.1 Å². The molecule has 2 heterocycles. The zero-order valence-corrected chi connectivity index (χ0v) is 20.9. The second-order valence-corrected chi connectivity index (χ2v) is 10.3. The molecule has 2 aromatic carbocycles. The van der Waals surface area contributed by atoms with Crippen LogP contribution in [0.1, 0.15) is 56.4 Å². The normalized spacial score (nSPS) is 19.7. The number of hydrogen-bond donors (Lipinski definition) is 1. The fourth-order valence-electron chi connectivity index (χ4n) is 4.52. The van der Waals surface area contributed by atoms with Crippen molar-refractivity contribution in [1.29, 1.82) is 0 Å². The number of fused-ring (bicyclic) bond motifs is 1. The lowest BCUT2D eigenvalue weighted by Gasteiger charge is -2.43. The number of rotatable bonds is 4. The van der Waals surface area contributed by atoms with Gasteiger partial charge in [-0.1, -0.05) is 30.7 Å². The average Bonchev–Trinajstić information content (AvgIpc) is 3.07. The quantitative estimate of drug-likeness (QED) is 0.510. The van der Waals surface area contributed by atoms with E-state index in [1.807, 2.05) is 32.0 Å². The SMILES string of the molecule is CCCN1c2cc(F)c(/C=C3/SC(=Nc4ccc(C)cc4C)NC3=O)cc2C(C)=CC1(C)C. The monoisotopic (exact) mass is 463 g/mol. The van der Waals surface area contributed by atoms with Crippen LogP contribution in [0.2, 0.25) is 0 Å². The smallest absolute Gasteiger partial charge is 0.264 e. The predicted octanol–water partition coefficient (Wildman–Crippen LogP) is 6.75. The molecule has 0 saturated carbocycles. The Kier molecular flexibility index (Phi) is 6.23. The molecular weight excluding hydrogens is 433 g/mol. The van der Waals surface area contributed by atoms with E-state index in [0.29, 0.717) is 15.6 Å². The Hall–Kier alpha value is -2.86. The van der Waals surface area contributed by atoms with Crippen LogP contribution in [0.15, 0.2) is 46.3 Å². The van der Waals surface area contributed by atoms with Crippen LogP contribution in [0.4, 0.5) is 15.8 Å². The molecule has 1 N–H and O–H groups in total. The van der Waals surface area contributed by atoms with Gasteiger partial charge in [0.05, 0.1) is 16.1 Å². The minimum absolute atomic E-state index is 0.180. The van der Waals surface area contributed by atoms with E-state index in [0.717, 1.165) is 46.6 Å². The molecule has 2 aromatic rings. The fraction of sp³-hybridized carbons (Fsp3) is 0.333. The minimum Gasteiger partial charge on any atom is -0.362 e. The lowest BCUT2D eigenvalue weighted by Crippen LogP contribution is -2.45. The van der Waals surface area contributed by atoms with Gasteiger partial charge in [-0.15, -0.1) is 0 Å². The van der Waals surface area contributed by atoms with Gasteiger partial charge in [-0.05, 0) is 88.2 Å². The van der Waals surface area contributed by atoms with Crippen molar-refractivity contribution in [2.24, 2.45) is 4.99 Å². The van der Waals surface area contributed by atoms with E-state index in [2.05, 4.69) is 55.0 Å². The van der Waals surface area contributed by atoms with Crippen molar-refractivity contribution < 1.29 is 9.18 Å². The van der Waals surface area contributed by atoms with Crippen molar-refractivity contribution in [3.8, 4) is 0 Å². The summed E-state index contributed by atoms with van der Waals surface area (Å²) in [5.74, 6) is -0.595. The number of aliphatic imine (C=N–C) groups is 1. The minimum atomic E-state index is -0.332. The van der Waals surface area contributed by atoms with Gasteiger partial charge in [-0.3, -0.25) is 4.79 Å². The summed E-state index contributed by atoms with van der Waals surface area (Å²) < 4.78 is 15.2. The molecule has 4 nitrogen and oxygen atoms in total. The van der Waals surface area contributed by atoms with Crippen LogP contribution in [0.3, 0.4) is 0 Å². The van der Waals surface area contributed by atoms with Crippen LogP contribution >= 0.6 is 11.8 Å². The van der Waals surface area contributed by atoms with Crippen molar-refractivity contribution >= 4 is 45.9 Å². The summed E-state index contributed by atoms with van der Waals surface area (Å²) in [5, 5.41) is 3.31. The number of nitrogens with zero attached hydrogens (tertiary/aromatic N) is 2. The number of carbonyl (C=O) groups is 1. The van der Waals surface area contributed by atoms with E-state index in [4.69, 9.17) is 0 Å². The molecule has 6 heteroatoms. The molecule has 0 aliphatic carbocycles. The van der Waals surface area contributed by atoms with Crippen LogP contribution < -0.4 is 10.2 Å². The van der Waals surface area contributed by atoms with Gasteiger partial charge in [0.15, 0.2) is 5.17 Å². The Morgan fingerprint density at radius 2 is 1.94 bits per heavy atom. The van der Waals surface area contributed by atoms with Crippen LogP contribution in [0, 0.1) is 19.7 Å². The maximum absolute atomic E-state index is 15.2. The lowest BCUT2D eigenvalue weighted by atomic mass is 9.87. The number of thioether (sulfide) groups is 1. The molecule has 1 saturated heterocycles. The Bertz CT molecular complexity index is 1230. The van der Waals surface area contributed by atoms with Gasteiger partial charge in [0, 0.05) is 23.4 Å². The van der Waals surface area contributed by atoms with Gasteiger partial charge in [-0.2, -0.15) is 0 Å². The Morgan fingerprint density at radius 3 is 2.64 bits per heavy atom. The number of amidine groups is 1. The molecule has 0 bridgehead atoms. The third kappa shape index (κ3) is 4.62. The first-order valence-corrected chi connectivity index (χ1v) is 12.1. The zero-order chi connectivity index (χ0) is 23.9. The number of anilines is 1. The number of allylic oxidation sites excluding steroid dienone is 1. The highest BCUT2D eigenvalue weighted by Crippen LogP contribution is 2.41. The summed E-state index contributed by atoms with van der Waals surface area (Å²) in [4.78, 5) is 19.9. The highest BCUT2D eigenvalue weighted by molar-refractivity contribution is 8.18. The number of aryl methyl sites for hydroxylation is 2. The van der Waals surface area contributed by atoms with Crippen LogP contribution in [0.25, 0.3) is 11.6 Å². The third-order valence-corrected chi connectivity index (χ3v) is 6.96. The van der Waals surface area contributed by atoms with E-state index in [9.17, 15) is 4.79 Å². The summed E-state index contributed by atoms with van der Waals surface area (Å²) in [7, 11) is 0. The molecule has 1 amide bonds. The van der Waals surface area contributed by atoms with E-state index in [1.165, 1.54) is 11.8 Å². The van der Waals surface area contributed by atoms with E-state index in [-0.39, 0.29) is 17.3 Å². The van der Waals surface area contributed by atoms with Gasteiger partial charge in [-0.25, -0.2) is 9.38 Å². The predicted molar refractivity (Wildman–Crippen MR) is 138 cm³/mol. The maximum Gasteiger partial charge on any atom is 0.264 e. The second-order valence-electron chi connectivity index (χ2n) is 9.30. The topological polar surface area (TPSA) is 44.7 Å². The second kappa shape index (κ2) is 8.82. The number of carbonyl (C=O) groups excluding carboxylic acids is 1. The fourth-order valence-corrected chi connectivity index (χ4v) is 5.35. The number of nitrogens with one attached hydrogen (secondary N) is 1. The molecular formula is C27H30FN3OS. The van der Waals surface area contributed by atoms with Gasteiger partial charge >= 0.3 is 0 Å². The molecule has 0 radical (unpaired) electrons. The molecule has 33 heavy (non-hydrogen) atoms. The highest BCUT2D eigenvalue weighted by atomic mass is 32.2. The van der Waals surface area contributed by atoms with Crippen molar-refractivity contribution in [1.82, 2.24) is 5.32 Å². The number of amides is 1. The molecule has 0 spiro atoms. The third-order valence-electron chi connectivity index (χ3n) is 6.06. The molecule has 2 aliphatic heterocycles. The summed E-state index contributed by atoms with van der Waals surface area (Å²) in [6.07, 6.45) is 4.82. The lowest BCUT2D eigenvalue weighted by molar-refractivity contribution is -0.115. The molecule has 1 fully saturated rings. The summed E-state index contributed by atoms with van der Waals surface area (Å²) in [6, 6.07) is 9.45. The first-order chi connectivity index (χ1) is 15.6. The maximum atomic E-state index is 15.2. The van der Waals surface area contributed by atoms with Gasteiger partial charge in [0.1, 0.15) is 5.82 Å². The number of hydrogen-bond acceptors (Lipinski definition) is 4. The van der Waals surface area contributed by atoms with Gasteiger partial charge < -0.3 is 10.2 Å². The standard InChI is InChI=1S/C27H30FN3OS/c1-7-10-31-23-14-21(28)19(12-20(23)18(4)15-27(31,5)6)13-24-25(32)30-26(33-24)29-22-9-8-16(2)11-17(22)3/h8-9,11-15H,7,10H2,1-6H3,(H,29,30,32)/b24-13+. The summed E-state index contributed by atoms with van der Waals surface area (Å²) in [5.41, 5.74) is 6.26. The Labute approximate surface area is 199 Å². The summed E-state index contributed by atoms with van der Waals surface area (Å²) in [6.45, 7) is 13.4. The average molecular weight is 464 g/mol. The number of benzene rings is 2. The Balaban J connectivity index is 1.68. The molecule has 172 valence electrons. The molecule has 2 aliphatic rings. The number of halogens is 1. The first-order valence-electron chi connectivity index (χ1n) is 11.3. The van der Waals surface area contributed by atoms with Crippen LogP contribution in [-0.4, -0.2) is 23.2 Å². The molecule has 0 aromatic heterocycles. The van der Waals surface area contributed by atoms with Crippen molar-refractivity contribution in [2.75, 3.05) is 11.4 Å². The molecule has 0 atom stereocenters. The largest absolute Gasteiger partial charge is 0.362 e. The van der Waals surface area contributed by atoms with Crippen molar-refractivity contribution in [2.45, 2.75) is 53.5 Å². The summed E-state index contributed by atoms with van der Waals surface area (Å²) >= 11 is 1.24. The van der Waals surface area contributed by atoms with Gasteiger partial charge in [0.2, 0.25) is 0 Å². The highest BCUT2D eigenvalue weighted by Gasteiger charge is 2.32. The van der Waals surface area contributed by atoms with Crippen LogP contribution in [-0.2, 0) is 4.79 Å². The van der Waals surface area contributed by atoms with Crippen molar-refractivity contribution in [3.05, 3.63) is 69.4 Å². The first kappa shape index (κ1) is 23.3. The molecule has 4 rings (SSSR count). The van der Waals surface area contributed by atoms with Gasteiger partial charge in [0.25, 0.3) is 5.91 Å². The zero-order valence-electron chi connectivity index (χ0n) is 20.0. The Morgan fingerprint density at radius 1 is 1.18 bits per heavy atom. The van der Waals surface area contributed by atoms with Crippen LogP contribution in [0.5, 0.6) is 0 Å². The van der Waals surface area contributed by atoms with E-state index >= 15 is 4.39 Å². The van der Waals surface area contributed by atoms with Crippen molar-refractivity contribution in [3.63, 3.8) is 0 Å². The molecule has 0 unspecified atom stereocenters.